The molecule has 10 nitrogen and oxygen atoms in total. The Morgan fingerprint density at radius 3 is 2.58 bits per heavy atom. The first-order valence-corrected chi connectivity index (χ1v) is 12.1. The maximum Gasteiger partial charge on any atom is 0.310 e. The lowest BCUT2D eigenvalue weighted by atomic mass is 10.0. The largest absolute Gasteiger partial charge is 0.481 e. The van der Waals surface area contributed by atoms with E-state index >= 15 is 0 Å². The van der Waals surface area contributed by atoms with Gasteiger partial charge in [0.1, 0.15) is 31.0 Å². The second kappa shape index (κ2) is 14.2. The van der Waals surface area contributed by atoms with E-state index in [1.165, 1.54) is 19.9 Å². The zero-order valence-corrected chi connectivity index (χ0v) is 21.4. The van der Waals surface area contributed by atoms with Gasteiger partial charge in [-0.05, 0) is 26.2 Å². The number of hydrogen-bond acceptors (Lipinski definition) is 9. The highest BCUT2D eigenvalue weighted by Gasteiger charge is 2.41. The number of aliphatic hydroxyl groups is 1. The van der Waals surface area contributed by atoms with Crippen molar-refractivity contribution in [2.45, 2.75) is 89.8 Å². The van der Waals surface area contributed by atoms with Gasteiger partial charge >= 0.3 is 23.9 Å². The highest BCUT2D eigenvalue weighted by atomic mass is 35.5. The third-order valence-electron chi connectivity index (χ3n) is 5.66. The maximum absolute atomic E-state index is 12.9. The van der Waals surface area contributed by atoms with Crippen LogP contribution >= 0.6 is 11.6 Å². The predicted molar refractivity (Wildman–Crippen MR) is 128 cm³/mol. The van der Waals surface area contributed by atoms with E-state index in [1.807, 2.05) is 0 Å². The summed E-state index contributed by atoms with van der Waals surface area (Å²) in [6.45, 7) is 3.83. The Labute approximate surface area is 214 Å². The van der Waals surface area contributed by atoms with Gasteiger partial charge in [-0.2, -0.15) is 0 Å². The fourth-order valence-electron chi connectivity index (χ4n) is 4.07. The zero-order valence-electron chi connectivity index (χ0n) is 20.6. The number of carboxylic acid groups (broad SMARTS) is 1. The Balaban J connectivity index is 2.32. The second-order valence-electron chi connectivity index (χ2n) is 8.85. The molecule has 0 unspecified atom stereocenters. The summed E-state index contributed by atoms with van der Waals surface area (Å²) in [7, 11) is 0. The van der Waals surface area contributed by atoms with E-state index in [0.717, 1.165) is 0 Å². The van der Waals surface area contributed by atoms with Crippen LogP contribution in [0.2, 0.25) is 0 Å². The third-order valence-corrected chi connectivity index (χ3v) is 6.00. The third kappa shape index (κ3) is 10.1. The molecular weight excluding hydrogens is 496 g/mol. The normalized spacial score (nSPS) is 29.5. The number of carboxylic acids is 1. The van der Waals surface area contributed by atoms with Crippen LogP contribution in [-0.4, -0.2) is 71.2 Å². The monoisotopic (exact) mass is 528 g/mol. The minimum atomic E-state index is -1.21. The molecule has 0 aromatic heterocycles. The van der Waals surface area contributed by atoms with Crippen molar-refractivity contribution in [1.82, 2.24) is 0 Å². The summed E-state index contributed by atoms with van der Waals surface area (Å²) in [6, 6.07) is 0. The fraction of sp³-hybridized carbons (Fsp3) is 0.600. The predicted octanol–water partition coefficient (Wildman–Crippen LogP) is 2.96. The van der Waals surface area contributed by atoms with Crippen molar-refractivity contribution in [1.29, 1.82) is 0 Å². The van der Waals surface area contributed by atoms with Crippen LogP contribution in [0.3, 0.4) is 0 Å². The van der Waals surface area contributed by atoms with E-state index in [4.69, 9.17) is 35.7 Å². The summed E-state index contributed by atoms with van der Waals surface area (Å²) in [5.74, 6) is -2.90. The maximum atomic E-state index is 12.9. The molecule has 2 bridgehead atoms. The number of carbonyl (C=O) groups excluding carboxylic acids is 3. The Morgan fingerprint density at radius 2 is 1.94 bits per heavy atom. The molecule has 1 saturated heterocycles. The molecule has 11 heteroatoms. The zero-order chi connectivity index (χ0) is 26.8. The van der Waals surface area contributed by atoms with E-state index in [1.54, 1.807) is 19.1 Å². The van der Waals surface area contributed by atoms with E-state index in [9.17, 15) is 24.3 Å². The molecule has 2 rings (SSSR count). The Bertz CT molecular complexity index is 922. The molecule has 0 aromatic rings. The van der Waals surface area contributed by atoms with E-state index in [2.05, 4.69) is 0 Å². The number of carbonyl (C=O) groups is 4. The number of allylic oxidation sites excluding steroid dienone is 3. The number of hydrogen-bond donors (Lipinski definition) is 2. The molecule has 1 fully saturated rings. The van der Waals surface area contributed by atoms with Crippen molar-refractivity contribution >= 4 is 35.5 Å². The topological polar surface area (TPSA) is 146 Å². The Hall–Kier alpha value is -2.69. The fourth-order valence-corrected chi connectivity index (χ4v) is 4.27. The van der Waals surface area contributed by atoms with Crippen LogP contribution in [-0.2, 0) is 38.1 Å². The lowest BCUT2D eigenvalue weighted by Crippen LogP contribution is -2.37. The van der Waals surface area contributed by atoms with Crippen LogP contribution in [0.5, 0.6) is 0 Å². The van der Waals surface area contributed by atoms with Crippen molar-refractivity contribution < 1.29 is 48.3 Å². The number of aliphatic carboxylic acids is 1. The number of rotatable bonds is 7. The standard InChI is InChI=1S/C25H33ClO10/c1-14(10-23(30)31)9-20(29)25-22-11-19(35-25)8-7-18(26)6-4-5-17(13-33-15(2)27)21(34-16(3)28)12-24(32)36-22/h5-6,9,19-22,25,29H,4,7-8,10-13H2,1-3H3,(H,30,31)/b14-9+,17-5-,18-6+/t19-,20-,21-,22-,25-/m1/s1. The van der Waals surface area contributed by atoms with Crippen LogP contribution < -0.4 is 0 Å². The van der Waals surface area contributed by atoms with Gasteiger partial charge in [-0.1, -0.05) is 35.4 Å². The molecule has 36 heavy (non-hydrogen) atoms. The molecule has 0 amide bonds. The van der Waals surface area contributed by atoms with Crippen molar-refractivity contribution in [3.05, 3.63) is 34.4 Å². The van der Waals surface area contributed by atoms with Gasteiger partial charge in [0.2, 0.25) is 0 Å². The number of aliphatic hydroxyl groups excluding tert-OH is 1. The molecule has 2 aliphatic rings. The van der Waals surface area contributed by atoms with Crippen molar-refractivity contribution in [2.24, 2.45) is 0 Å². The second-order valence-corrected chi connectivity index (χ2v) is 9.33. The molecule has 0 spiro atoms. The van der Waals surface area contributed by atoms with E-state index in [0.29, 0.717) is 41.9 Å². The smallest absolute Gasteiger partial charge is 0.310 e. The summed E-state index contributed by atoms with van der Waals surface area (Å²) in [6.07, 6.45) is 1.55. The summed E-state index contributed by atoms with van der Waals surface area (Å²) in [5, 5.41) is 20.3. The molecule has 0 radical (unpaired) electrons. The summed E-state index contributed by atoms with van der Waals surface area (Å²) < 4.78 is 22.1. The summed E-state index contributed by atoms with van der Waals surface area (Å²) >= 11 is 6.36. The number of ether oxygens (including phenoxy) is 4. The van der Waals surface area contributed by atoms with Crippen molar-refractivity contribution in [2.75, 3.05) is 6.61 Å². The Kier molecular flexibility index (Phi) is 11.6. The first kappa shape index (κ1) is 29.5. The molecule has 2 heterocycles. The quantitative estimate of drug-likeness (QED) is 0.287. The van der Waals surface area contributed by atoms with Gasteiger partial charge in [-0.25, -0.2) is 0 Å². The molecule has 2 N–H and O–H groups in total. The number of esters is 3. The van der Waals surface area contributed by atoms with Crippen molar-refractivity contribution in [3.63, 3.8) is 0 Å². The van der Waals surface area contributed by atoms with Crippen LogP contribution in [0.1, 0.15) is 59.3 Å². The van der Waals surface area contributed by atoms with Gasteiger partial charge < -0.3 is 29.2 Å². The highest BCUT2D eigenvalue weighted by molar-refractivity contribution is 6.29. The number of fused-ring (bicyclic) bond motifs is 2. The van der Waals surface area contributed by atoms with E-state index in [-0.39, 0.29) is 25.6 Å². The lowest BCUT2D eigenvalue weighted by molar-refractivity contribution is -0.159. The summed E-state index contributed by atoms with van der Waals surface area (Å²) in [4.78, 5) is 46.9. The SMILES string of the molecule is CC(=O)OC/C1=C/C/C=C(/Cl)CC[C@@H]2C[C@@H](OC(=O)C[C@H]1OC(C)=O)[C@@H]([C@H](O)/C=C(\C)CC(=O)O)O2. The average molecular weight is 529 g/mol. The first-order chi connectivity index (χ1) is 16.9. The molecule has 200 valence electrons. The minimum Gasteiger partial charge on any atom is -0.481 e. The molecule has 0 aliphatic carbocycles. The average Bonchev–Trinajstić information content (AvgIpc) is 3.15. The van der Waals surface area contributed by atoms with Crippen molar-refractivity contribution in [3.8, 4) is 0 Å². The molecule has 5 atom stereocenters. The van der Waals surface area contributed by atoms with Crippen LogP contribution in [0.25, 0.3) is 0 Å². The molecule has 0 aromatic carbocycles. The highest BCUT2D eigenvalue weighted by Crippen LogP contribution is 2.31. The van der Waals surface area contributed by atoms with Crippen LogP contribution in [0, 0.1) is 0 Å². The van der Waals surface area contributed by atoms with Gasteiger partial charge in [0.05, 0.1) is 18.9 Å². The molecule has 2 aliphatic heterocycles. The van der Waals surface area contributed by atoms with E-state index < -0.39 is 48.3 Å². The van der Waals surface area contributed by atoms with Crippen LogP contribution in [0.4, 0.5) is 0 Å². The number of halogens is 1. The molecule has 0 saturated carbocycles. The lowest BCUT2D eigenvalue weighted by Gasteiger charge is -2.24. The summed E-state index contributed by atoms with van der Waals surface area (Å²) in [5.41, 5.74) is 0.832. The van der Waals surface area contributed by atoms with Gasteiger partial charge in [0.15, 0.2) is 0 Å². The minimum absolute atomic E-state index is 0.185. The van der Waals surface area contributed by atoms with Crippen LogP contribution in [0.15, 0.2) is 34.4 Å². The van der Waals surface area contributed by atoms with Gasteiger partial charge in [0, 0.05) is 30.9 Å². The molecular formula is C25H33ClO10. The van der Waals surface area contributed by atoms with Gasteiger partial charge in [-0.3, -0.25) is 19.2 Å². The van der Waals surface area contributed by atoms with Gasteiger partial charge in [-0.15, -0.1) is 0 Å². The first-order valence-electron chi connectivity index (χ1n) is 11.7. The van der Waals surface area contributed by atoms with Gasteiger partial charge in [0.25, 0.3) is 0 Å². The Morgan fingerprint density at radius 1 is 1.22 bits per heavy atom.